The Kier molecular flexibility index (Phi) is 5.42. The Morgan fingerprint density at radius 2 is 1.68 bits per heavy atom. The molecule has 0 radical (unpaired) electrons. The zero-order chi connectivity index (χ0) is 17.6. The van der Waals surface area contributed by atoms with E-state index in [1.54, 1.807) is 29.2 Å². The zero-order valence-corrected chi connectivity index (χ0v) is 14.0. The molecule has 2 aromatic rings. The second-order valence-corrected chi connectivity index (χ2v) is 6.17. The normalized spacial score (nSPS) is 15.4. The molecule has 0 atom stereocenters. The van der Waals surface area contributed by atoms with E-state index in [-0.39, 0.29) is 23.8 Å². The third-order valence-electron chi connectivity index (χ3n) is 4.42. The lowest BCUT2D eigenvalue weighted by Crippen LogP contribution is -2.37. The third-order valence-corrected chi connectivity index (χ3v) is 4.42. The van der Waals surface area contributed by atoms with Crippen LogP contribution in [0.3, 0.4) is 0 Å². The van der Waals surface area contributed by atoms with Crippen LogP contribution in [0.25, 0.3) is 10.8 Å². The predicted octanol–water partition coefficient (Wildman–Crippen LogP) is 1.87. The summed E-state index contributed by atoms with van der Waals surface area (Å²) in [5.74, 6) is -0.906. The van der Waals surface area contributed by atoms with E-state index in [1.165, 1.54) is 6.42 Å². The fourth-order valence-electron chi connectivity index (χ4n) is 3.05. The lowest BCUT2D eigenvalue weighted by atomic mass is 10.1. The van der Waals surface area contributed by atoms with Crippen molar-refractivity contribution in [2.24, 2.45) is 0 Å². The molecular weight excluding hydrogens is 322 g/mol. The van der Waals surface area contributed by atoms with Gasteiger partial charge in [0.25, 0.3) is 11.5 Å². The Hall–Kier alpha value is -2.70. The summed E-state index contributed by atoms with van der Waals surface area (Å²) in [6.07, 6.45) is 5.41. The fourth-order valence-corrected chi connectivity index (χ4v) is 3.05. The minimum atomic E-state index is -0.715. The van der Waals surface area contributed by atoms with Crippen molar-refractivity contribution in [2.45, 2.75) is 32.1 Å². The predicted molar refractivity (Wildman–Crippen MR) is 92.3 cm³/mol. The SMILES string of the molecule is O=C(OCC(=O)N1CCCCCCC1)c1n[nH]c(=O)c2ccccc12. The van der Waals surface area contributed by atoms with E-state index in [0.29, 0.717) is 23.9 Å². The number of H-pyrrole nitrogens is 1. The number of hydrogen-bond donors (Lipinski definition) is 1. The molecule has 0 unspecified atom stereocenters. The van der Waals surface area contributed by atoms with Gasteiger partial charge in [0.2, 0.25) is 0 Å². The number of likely N-dealkylation sites (tertiary alicyclic amines) is 1. The minimum absolute atomic E-state index is 0.00988. The zero-order valence-electron chi connectivity index (χ0n) is 14.0. The Labute approximate surface area is 145 Å². The van der Waals surface area contributed by atoms with Gasteiger partial charge in [-0.1, -0.05) is 37.5 Å². The molecule has 1 aliphatic rings. The van der Waals surface area contributed by atoms with E-state index in [4.69, 9.17) is 4.74 Å². The number of carbonyl (C=O) groups excluding carboxylic acids is 2. The van der Waals surface area contributed by atoms with Crippen molar-refractivity contribution >= 4 is 22.6 Å². The van der Waals surface area contributed by atoms with Gasteiger partial charge in [-0.2, -0.15) is 5.10 Å². The summed E-state index contributed by atoms with van der Waals surface area (Å²) in [6.45, 7) is 1.10. The van der Waals surface area contributed by atoms with Gasteiger partial charge in [0.1, 0.15) is 0 Å². The number of carbonyl (C=O) groups is 2. The molecule has 1 saturated heterocycles. The van der Waals surface area contributed by atoms with Crippen LogP contribution in [0.5, 0.6) is 0 Å². The molecule has 1 aromatic carbocycles. The number of fused-ring (bicyclic) bond motifs is 1. The number of esters is 1. The number of rotatable bonds is 3. The van der Waals surface area contributed by atoms with Gasteiger partial charge in [-0.15, -0.1) is 0 Å². The van der Waals surface area contributed by atoms with E-state index in [9.17, 15) is 14.4 Å². The van der Waals surface area contributed by atoms with Crippen LogP contribution in [0, 0.1) is 0 Å². The highest BCUT2D eigenvalue weighted by molar-refractivity contribution is 6.02. The van der Waals surface area contributed by atoms with Crippen molar-refractivity contribution in [3.05, 3.63) is 40.3 Å². The molecule has 0 aliphatic carbocycles. The summed E-state index contributed by atoms with van der Waals surface area (Å²) in [5.41, 5.74) is -0.362. The minimum Gasteiger partial charge on any atom is -0.451 e. The lowest BCUT2D eigenvalue weighted by Gasteiger charge is -2.24. The molecule has 1 aliphatic heterocycles. The molecule has 1 N–H and O–H groups in total. The highest BCUT2D eigenvalue weighted by atomic mass is 16.5. The second-order valence-electron chi connectivity index (χ2n) is 6.17. The van der Waals surface area contributed by atoms with E-state index < -0.39 is 5.97 Å². The van der Waals surface area contributed by atoms with Crippen LogP contribution in [0.4, 0.5) is 0 Å². The highest BCUT2D eigenvalue weighted by Crippen LogP contribution is 2.14. The molecule has 7 nitrogen and oxygen atoms in total. The number of ether oxygens (including phenoxy) is 1. The molecule has 1 amide bonds. The summed E-state index contributed by atoms with van der Waals surface area (Å²) >= 11 is 0. The number of nitrogens with zero attached hydrogens (tertiary/aromatic N) is 2. The van der Waals surface area contributed by atoms with Crippen LogP contribution in [0.1, 0.15) is 42.6 Å². The monoisotopic (exact) mass is 343 g/mol. The van der Waals surface area contributed by atoms with Gasteiger partial charge in [0, 0.05) is 18.5 Å². The average Bonchev–Trinajstić information content (AvgIpc) is 2.60. The van der Waals surface area contributed by atoms with Crippen molar-refractivity contribution in [3.63, 3.8) is 0 Å². The number of nitrogens with one attached hydrogen (secondary N) is 1. The second kappa shape index (κ2) is 7.92. The molecule has 1 aromatic heterocycles. The smallest absolute Gasteiger partial charge is 0.359 e. The van der Waals surface area contributed by atoms with Crippen molar-refractivity contribution in [2.75, 3.05) is 19.7 Å². The maximum absolute atomic E-state index is 12.3. The van der Waals surface area contributed by atoms with Crippen LogP contribution in [0.15, 0.2) is 29.1 Å². The largest absolute Gasteiger partial charge is 0.451 e. The summed E-state index contributed by atoms with van der Waals surface area (Å²) in [5, 5.41) is 6.85. The Morgan fingerprint density at radius 3 is 2.40 bits per heavy atom. The standard InChI is InChI=1S/C18H21N3O4/c22-15(21-10-6-2-1-3-7-11-21)12-25-18(24)16-13-8-4-5-9-14(13)17(23)20-19-16/h4-5,8-9H,1-3,6-7,10-12H2,(H,20,23). The molecule has 0 saturated carbocycles. The molecule has 0 spiro atoms. The lowest BCUT2D eigenvalue weighted by molar-refractivity contribution is -0.134. The van der Waals surface area contributed by atoms with Gasteiger partial charge < -0.3 is 9.64 Å². The maximum Gasteiger partial charge on any atom is 0.359 e. The molecule has 0 bridgehead atoms. The van der Waals surface area contributed by atoms with Crippen LogP contribution >= 0.6 is 0 Å². The summed E-state index contributed by atoms with van der Waals surface area (Å²) in [6, 6.07) is 6.66. The number of aromatic amines is 1. The molecule has 3 rings (SSSR count). The molecule has 2 heterocycles. The van der Waals surface area contributed by atoms with Crippen LogP contribution in [0.2, 0.25) is 0 Å². The van der Waals surface area contributed by atoms with Gasteiger partial charge >= 0.3 is 5.97 Å². The topological polar surface area (TPSA) is 92.4 Å². The maximum atomic E-state index is 12.3. The Morgan fingerprint density at radius 1 is 1.04 bits per heavy atom. The van der Waals surface area contributed by atoms with Gasteiger partial charge in [0.15, 0.2) is 12.3 Å². The van der Waals surface area contributed by atoms with Gasteiger partial charge in [0.05, 0.1) is 5.39 Å². The molecule has 25 heavy (non-hydrogen) atoms. The average molecular weight is 343 g/mol. The Balaban J connectivity index is 1.67. The van der Waals surface area contributed by atoms with Gasteiger partial charge in [-0.25, -0.2) is 9.89 Å². The first-order valence-electron chi connectivity index (χ1n) is 8.59. The first-order chi connectivity index (χ1) is 12.2. The van der Waals surface area contributed by atoms with Crippen molar-refractivity contribution in [1.29, 1.82) is 0 Å². The van der Waals surface area contributed by atoms with Crippen LogP contribution < -0.4 is 5.56 Å². The molecule has 7 heteroatoms. The van der Waals surface area contributed by atoms with Crippen molar-refractivity contribution in [1.82, 2.24) is 15.1 Å². The van der Waals surface area contributed by atoms with Crippen LogP contribution in [-0.4, -0.2) is 46.7 Å². The summed E-state index contributed by atoms with van der Waals surface area (Å²) < 4.78 is 5.15. The Bertz CT molecular complexity index is 822. The van der Waals surface area contributed by atoms with E-state index in [2.05, 4.69) is 10.2 Å². The van der Waals surface area contributed by atoms with E-state index in [0.717, 1.165) is 25.7 Å². The number of benzene rings is 1. The third kappa shape index (κ3) is 4.04. The fraction of sp³-hybridized carbons (Fsp3) is 0.444. The molecule has 1 fully saturated rings. The molecule has 132 valence electrons. The number of amides is 1. The summed E-state index contributed by atoms with van der Waals surface area (Å²) in [7, 11) is 0. The molecular formula is C18H21N3O4. The first-order valence-corrected chi connectivity index (χ1v) is 8.59. The van der Waals surface area contributed by atoms with E-state index in [1.807, 2.05) is 0 Å². The highest BCUT2D eigenvalue weighted by Gasteiger charge is 2.20. The summed E-state index contributed by atoms with van der Waals surface area (Å²) in [4.78, 5) is 38.1. The van der Waals surface area contributed by atoms with Gasteiger partial charge in [-0.05, 0) is 18.9 Å². The first kappa shape index (κ1) is 17.1. The number of hydrogen-bond acceptors (Lipinski definition) is 5. The van der Waals surface area contributed by atoms with Crippen molar-refractivity contribution in [3.8, 4) is 0 Å². The number of aromatic nitrogens is 2. The van der Waals surface area contributed by atoms with Crippen LogP contribution in [-0.2, 0) is 9.53 Å². The van der Waals surface area contributed by atoms with E-state index >= 15 is 0 Å². The van der Waals surface area contributed by atoms with Crippen molar-refractivity contribution < 1.29 is 14.3 Å². The van der Waals surface area contributed by atoms with Gasteiger partial charge in [-0.3, -0.25) is 9.59 Å². The quantitative estimate of drug-likeness (QED) is 0.859.